The quantitative estimate of drug-likeness (QED) is 0.813. The van der Waals surface area contributed by atoms with Gasteiger partial charge in [0, 0.05) is 12.8 Å². The van der Waals surface area contributed by atoms with Crippen molar-refractivity contribution in [2.24, 2.45) is 0 Å². The number of carbonyl (C=O) groups is 1. The number of hydrogen-bond acceptors (Lipinski definition) is 3. The summed E-state index contributed by atoms with van der Waals surface area (Å²) in [5, 5.41) is 2.71. The molecule has 0 saturated carbocycles. The van der Waals surface area contributed by atoms with Crippen LogP contribution in [0.2, 0.25) is 0 Å². The minimum Gasteiger partial charge on any atom is -0.352 e. The number of sulfone groups is 1. The molecule has 0 unspecified atom stereocenters. The monoisotopic (exact) mass is 255 g/mol. The van der Waals surface area contributed by atoms with E-state index in [9.17, 15) is 13.2 Å². The Hall–Kier alpha value is -1.36. The van der Waals surface area contributed by atoms with Gasteiger partial charge in [0.1, 0.15) is 0 Å². The molecule has 0 aliphatic carbocycles. The Morgan fingerprint density at radius 1 is 1.29 bits per heavy atom. The van der Waals surface area contributed by atoms with Gasteiger partial charge in [0.05, 0.1) is 10.5 Å². The molecule has 0 saturated heterocycles. The molecule has 17 heavy (non-hydrogen) atoms. The van der Waals surface area contributed by atoms with Crippen molar-refractivity contribution in [1.29, 1.82) is 0 Å². The summed E-state index contributed by atoms with van der Waals surface area (Å²) in [6.45, 7) is 2.59. The van der Waals surface area contributed by atoms with Gasteiger partial charge in [0.25, 0.3) is 5.91 Å². The first-order valence-corrected chi connectivity index (χ1v) is 7.43. The topological polar surface area (TPSA) is 63.2 Å². The van der Waals surface area contributed by atoms with Crippen LogP contribution < -0.4 is 5.32 Å². The highest BCUT2D eigenvalue weighted by Crippen LogP contribution is 2.14. The first kappa shape index (κ1) is 13.7. The third kappa shape index (κ3) is 3.85. The van der Waals surface area contributed by atoms with Gasteiger partial charge in [-0.2, -0.15) is 0 Å². The van der Waals surface area contributed by atoms with Crippen molar-refractivity contribution in [3.8, 4) is 0 Å². The molecule has 0 atom stereocenters. The molecule has 1 rings (SSSR count). The molecule has 0 heterocycles. The lowest BCUT2D eigenvalue weighted by atomic mass is 10.2. The Morgan fingerprint density at radius 3 is 2.53 bits per heavy atom. The van der Waals surface area contributed by atoms with Gasteiger partial charge in [-0.05, 0) is 18.6 Å². The molecule has 0 fully saturated rings. The standard InChI is InChI=1S/C12H17NO3S/c1-3-4-9-13-12(14)10-7-5-6-8-11(10)17(2,15)16/h5-8H,3-4,9H2,1-2H3,(H,13,14). The van der Waals surface area contributed by atoms with E-state index in [0.29, 0.717) is 6.54 Å². The molecule has 1 aromatic rings. The van der Waals surface area contributed by atoms with Crippen molar-refractivity contribution in [1.82, 2.24) is 5.32 Å². The van der Waals surface area contributed by atoms with Crippen molar-refractivity contribution in [2.45, 2.75) is 24.7 Å². The van der Waals surface area contributed by atoms with E-state index in [2.05, 4.69) is 5.32 Å². The number of unbranched alkanes of at least 4 members (excludes halogenated alkanes) is 1. The zero-order valence-corrected chi connectivity index (χ0v) is 10.9. The zero-order valence-electron chi connectivity index (χ0n) is 10.1. The zero-order chi connectivity index (χ0) is 12.9. The number of rotatable bonds is 5. The minimum atomic E-state index is -3.37. The summed E-state index contributed by atoms with van der Waals surface area (Å²) in [4.78, 5) is 11.9. The molecule has 0 aliphatic heterocycles. The molecule has 0 bridgehead atoms. The van der Waals surface area contributed by atoms with Gasteiger partial charge in [0.2, 0.25) is 0 Å². The van der Waals surface area contributed by atoms with Crippen molar-refractivity contribution >= 4 is 15.7 Å². The SMILES string of the molecule is CCCCNC(=O)c1ccccc1S(C)(=O)=O. The second-order valence-electron chi connectivity index (χ2n) is 3.88. The number of benzene rings is 1. The fourth-order valence-corrected chi connectivity index (χ4v) is 2.34. The van der Waals surface area contributed by atoms with E-state index in [4.69, 9.17) is 0 Å². The fraction of sp³-hybridized carbons (Fsp3) is 0.417. The van der Waals surface area contributed by atoms with Crippen LogP contribution in [-0.4, -0.2) is 27.1 Å². The third-order valence-corrected chi connectivity index (χ3v) is 3.50. The minimum absolute atomic E-state index is 0.0778. The number of carbonyl (C=O) groups excluding carboxylic acids is 1. The normalized spacial score (nSPS) is 11.2. The largest absolute Gasteiger partial charge is 0.352 e. The van der Waals surface area contributed by atoms with Gasteiger partial charge < -0.3 is 5.32 Å². The number of amides is 1. The molecule has 0 aliphatic rings. The maximum atomic E-state index is 11.8. The molecular formula is C12H17NO3S. The van der Waals surface area contributed by atoms with E-state index in [0.717, 1.165) is 19.1 Å². The fourth-order valence-electron chi connectivity index (χ4n) is 1.45. The van der Waals surface area contributed by atoms with Crippen LogP contribution in [0.1, 0.15) is 30.1 Å². The van der Waals surface area contributed by atoms with Gasteiger partial charge in [-0.1, -0.05) is 25.5 Å². The van der Waals surface area contributed by atoms with Crippen LogP contribution in [0.25, 0.3) is 0 Å². The lowest BCUT2D eigenvalue weighted by molar-refractivity contribution is 0.0950. The average molecular weight is 255 g/mol. The first-order chi connectivity index (χ1) is 7.96. The van der Waals surface area contributed by atoms with Crippen LogP contribution >= 0.6 is 0 Å². The molecule has 0 radical (unpaired) electrons. The molecule has 0 spiro atoms. The lowest BCUT2D eigenvalue weighted by Crippen LogP contribution is -2.26. The Bertz CT molecular complexity index is 494. The smallest absolute Gasteiger partial charge is 0.252 e. The Balaban J connectivity index is 2.94. The molecule has 0 aromatic heterocycles. The maximum absolute atomic E-state index is 11.8. The van der Waals surface area contributed by atoms with Crippen molar-refractivity contribution < 1.29 is 13.2 Å². The molecule has 1 N–H and O–H groups in total. The predicted octanol–water partition coefficient (Wildman–Crippen LogP) is 1.62. The Kier molecular flexibility index (Phi) is 4.69. The molecule has 5 heteroatoms. The van der Waals surface area contributed by atoms with Crippen molar-refractivity contribution in [3.05, 3.63) is 29.8 Å². The number of nitrogens with one attached hydrogen (secondary N) is 1. The summed E-state index contributed by atoms with van der Waals surface area (Å²) in [5.74, 6) is -0.334. The van der Waals surface area contributed by atoms with Gasteiger partial charge in [-0.15, -0.1) is 0 Å². The van der Waals surface area contributed by atoms with E-state index in [1.54, 1.807) is 12.1 Å². The van der Waals surface area contributed by atoms with Crippen LogP contribution in [0.5, 0.6) is 0 Å². The van der Waals surface area contributed by atoms with Gasteiger partial charge in [-0.25, -0.2) is 8.42 Å². The van der Waals surface area contributed by atoms with E-state index >= 15 is 0 Å². The van der Waals surface area contributed by atoms with E-state index in [1.807, 2.05) is 6.92 Å². The van der Waals surface area contributed by atoms with Crippen LogP contribution in [-0.2, 0) is 9.84 Å². The lowest BCUT2D eigenvalue weighted by Gasteiger charge is -2.08. The molecule has 4 nitrogen and oxygen atoms in total. The first-order valence-electron chi connectivity index (χ1n) is 5.54. The highest BCUT2D eigenvalue weighted by atomic mass is 32.2. The summed E-state index contributed by atoms with van der Waals surface area (Å²) in [7, 11) is -3.37. The summed E-state index contributed by atoms with van der Waals surface area (Å²) >= 11 is 0. The summed E-state index contributed by atoms with van der Waals surface area (Å²) in [6, 6.07) is 6.24. The van der Waals surface area contributed by atoms with E-state index in [1.165, 1.54) is 12.1 Å². The van der Waals surface area contributed by atoms with Gasteiger partial charge >= 0.3 is 0 Å². The van der Waals surface area contributed by atoms with Crippen LogP contribution in [0, 0.1) is 0 Å². The van der Waals surface area contributed by atoms with E-state index in [-0.39, 0.29) is 16.4 Å². The summed E-state index contributed by atoms with van der Waals surface area (Å²) < 4.78 is 23.0. The maximum Gasteiger partial charge on any atom is 0.252 e. The van der Waals surface area contributed by atoms with Crippen LogP contribution in [0.4, 0.5) is 0 Å². The molecular weight excluding hydrogens is 238 g/mol. The van der Waals surface area contributed by atoms with E-state index < -0.39 is 9.84 Å². The Morgan fingerprint density at radius 2 is 1.94 bits per heavy atom. The highest BCUT2D eigenvalue weighted by molar-refractivity contribution is 7.90. The van der Waals surface area contributed by atoms with Gasteiger partial charge in [-0.3, -0.25) is 4.79 Å². The molecule has 1 aromatic carbocycles. The highest BCUT2D eigenvalue weighted by Gasteiger charge is 2.17. The van der Waals surface area contributed by atoms with Crippen molar-refractivity contribution in [3.63, 3.8) is 0 Å². The predicted molar refractivity (Wildman–Crippen MR) is 66.8 cm³/mol. The Labute approximate surface area is 102 Å². The van der Waals surface area contributed by atoms with Crippen molar-refractivity contribution in [2.75, 3.05) is 12.8 Å². The second-order valence-corrected chi connectivity index (χ2v) is 5.86. The second kappa shape index (κ2) is 5.82. The van der Waals surface area contributed by atoms with Crippen LogP contribution in [0.3, 0.4) is 0 Å². The summed E-state index contributed by atoms with van der Waals surface area (Å²) in [6.07, 6.45) is 2.96. The molecule has 1 amide bonds. The van der Waals surface area contributed by atoms with Crippen LogP contribution in [0.15, 0.2) is 29.2 Å². The number of hydrogen-bond donors (Lipinski definition) is 1. The van der Waals surface area contributed by atoms with Gasteiger partial charge in [0.15, 0.2) is 9.84 Å². The average Bonchev–Trinajstić information content (AvgIpc) is 2.28. The summed E-state index contributed by atoms with van der Waals surface area (Å²) in [5.41, 5.74) is 0.214. The third-order valence-electron chi connectivity index (χ3n) is 2.35. The molecule has 94 valence electrons.